The molecular formula is C14H27N3O2. The Hall–Kier alpha value is -0.650. The number of nitrogens with two attached hydrogens (primary N) is 1. The molecule has 0 aromatic carbocycles. The first kappa shape index (κ1) is 14.8. The molecule has 5 nitrogen and oxygen atoms in total. The zero-order chi connectivity index (χ0) is 13.7. The minimum atomic E-state index is 0.137. The molecule has 3 N–H and O–H groups in total. The second kappa shape index (κ2) is 7.22. The van der Waals surface area contributed by atoms with Gasteiger partial charge in [-0.25, -0.2) is 0 Å². The van der Waals surface area contributed by atoms with Crippen LogP contribution < -0.4 is 11.1 Å². The number of nitrogens with zero attached hydrogens (tertiary/aromatic N) is 1. The average molecular weight is 269 g/mol. The Balaban J connectivity index is 1.84. The highest BCUT2D eigenvalue weighted by Gasteiger charge is 2.31. The molecule has 2 aliphatic rings. The fraction of sp³-hybridized carbons (Fsp3) is 0.929. The zero-order valence-corrected chi connectivity index (χ0v) is 11.9. The standard InChI is InChI=1S/C14H27N3O2/c1-11-9-13(4-8-19-11)17-7-2-3-12(10-17)14(18)16-6-5-15/h11-13H,2-10,15H2,1H3,(H,16,18). The lowest BCUT2D eigenvalue weighted by Crippen LogP contribution is -2.49. The molecule has 2 heterocycles. The summed E-state index contributed by atoms with van der Waals surface area (Å²) in [6.45, 7) is 6.11. The van der Waals surface area contributed by atoms with Gasteiger partial charge in [0.25, 0.3) is 0 Å². The predicted octanol–water partition coefficient (Wildman–Crippen LogP) is 0.341. The van der Waals surface area contributed by atoms with Crippen LogP contribution in [0.2, 0.25) is 0 Å². The Morgan fingerprint density at radius 3 is 3.05 bits per heavy atom. The SMILES string of the molecule is CC1CC(N2CCCC(C(=O)NCCN)C2)CCO1. The number of carbonyl (C=O) groups is 1. The smallest absolute Gasteiger partial charge is 0.224 e. The molecule has 2 saturated heterocycles. The number of hydrogen-bond donors (Lipinski definition) is 2. The molecule has 3 unspecified atom stereocenters. The van der Waals surface area contributed by atoms with Gasteiger partial charge in [-0.15, -0.1) is 0 Å². The maximum atomic E-state index is 12.0. The molecule has 3 atom stereocenters. The van der Waals surface area contributed by atoms with Gasteiger partial charge in [0.2, 0.25) is 5.91 Å². The van der Waals surface area contributed by atoms with Crippen LogP contribution in [-0.2, 0) is 9.53 Å². The van der Waals surface area contributed by atoms with E-state index in [1.807, 2.05) is 0 Å². The van der Waals surface area contributed by atoms with Crippen molar-refractivity contribution in [2.45, 2.75) is 44.8 Å². The van der Waals surface area contributed by atoms with E-state index in [2.05, 4.69) is 17.1 Å². The van der Waals surface area contributed by atoms with Gasteiger partial charge in [0.1, 0.15) is 0 Å². The molecule has 5 heteroatoms. The predicted molar refractivity (Wildman–Crippen MR) is 74.8 cm³/mol. The summed E-state index contributed by atoms with van der Waals surface area (Å²) in [5, 5.41) is 2.92. The summed E-state index contributed by atoms with van der Waals surface area (Å²) in [5.41, 5.74) is 5.43. The summed E-state index contributed by atoms with van der Waals surface area (Å²) < 4.78 is 5.61. The van der Waals surface area contributed by atoms with E-state index < -0.39 is 0 Å². The maximum Gasteiger partial charge on any atom is 0.224 e. The van der Waals surface area contributed by atoms with Crippen LogP contribution in [-0.4, -0.2) is 55.7 Å². The van der Waals surface area contributed by atoms with Crippen molar-refractivity contribution in [1.29, 1.82) is 0 Å². The monoisotopic (exact) mass is 269 g/mol. The molecule has 0 aliphatic carbocycles. The normalized spacial score (nSPS) is 33.1. The Morgan fingerprint density at radius 2 is 2.32 bits per heavy atom. The first-order valence-electron chi connectivity index (χ1n) is 7.54. The van der Waals surface area contributed by atoms with Crippen LogP contribution in [0.15, 0.2) is 0 Å². The largest absolute Gasteiger partial charge is 0.378 e. The first-order valence-corrected chi connectivity index (χ1v) is 7.54. The summed E-state index contributed by atoms with van der Waals surface area (Å²) in [5.74, 6) is 0.314. The number of rotatable bonds is 4. The van der Waals surface area contributed by atoms with Gasteiger partial charge >= 0.3 is 0 Å². The van der Waals surface area contributed by atoms with E-state index in [1.165, 1.54) is 0 Å². The van der Waals surface area contributed by atoms with Crippen molar-refractivity contribution >= 4 is 5.91 Å². The van der Waals surface area contributed by atoms with Crippen molar-refractivity contribution in [2.75, 3.05) is 32.8 Å². The third-order valence-electron chi connectivity index (χ3n) is 4.24. The van der Waals surface area contributed by atoms with Gasteiger partial charge in [-0.1, -0.05) is 0 Å². The molecule has 19 heavy (non-hydrogen) atoms. The molecular weight excluding hydrogens is 242 g/mol. The molecule has 0 spiro atoms. The van der Waals surface area contributed by atoms with E-state index in [0.29, 0.717) is 25.2 Å². The van der Waals surface area contributed by atoms with Crippen LogP contribution in [0.4, 0.5) is 0 Å². The Bertz CT molecular complexity index is 298. The molecule has 2 rings (SSSR count). The van der Waals surface area contributed by atoms with E-state index in [1.54, 1.807) is 0 Å². The minimum absolute atomic E-state index is 0.137. The third kappa shape index (κ3) is 4.16. The van der Waals surface area contributed by atoms with E-state index in [9.17, 15) is 4.79 Å². The minimum Gasteiger partial charge on any atom is -0.378 e. The van der Waals surface area contributed by atoms with Crippen molar-refractivity contribution in [2.24, 2.45) is 11.7 Å². The highest BCUT2D eigenvalue weighted by Crippen LogP contribution is 2.25. The van der Waals surface area contributed by atoms with Gasteiger partial charge in [-0.3, -0.25) is 9.69 Å². The number of piperidine rings is 1. The number of ether oxygens (including phenoxy) is 1. The molecule has 110 valence electrons. The average Bonchev–Trinajstić information content (AvgIpc) is 2.45. The second-order valence-electron chi connectivity index (χ2n) is 5.77. The van der Waals surface area contributed by atoms with Crippen LogP contribution in [0.5, 0.6) is 0 Å². The molecule has 1 amide bonds. The number of nitrogens with one attached hydrogen (secondary N) is 1. The summed E-state index contributed by atoms with van der Waals surface area (Å²) in [7, 11) is 0. The Morgan fingerprint density at radius 1 is 1.47 bits per heavy atom. The van der Waals surface area contributed by atoms with E-state index >= 15 is 0 Å². The van der Waals surface area contributed by atoms with Crippen molar-refractivity contribution in [1.82, 2.24) is 10.2 Å². The first-order chi connectivity index (χ1) is 9.20. The topological polar surface area (TPSA) is 67.6 Å². The van der Waals surface area contributed by atoms with Crippen LogP contribution >= 0.6 is 0 Å². The van der Waals surface area contributed by atoms with E-state index in [4.69, 9.17) is 10.5 Å². The second-order valence-corrected chi connectivity index (χ2v) is 5.77. The lowest BCUT2D eigenvalue weighted by molar-refractivity contribution is -0.127. The van der Waals surface area contributed by atoms with Crippen molar-refractivity contribution in [3.63, 3.8) is 0 Å². The van der Waals surface area contributed by atoms with Gasteiger partial charge in [-0.05, 0) is 39.2 Å². The zero-order valence-electron chi connectivity index (χ0n) is 11.9. The van der Waals surface area contributed by atoms with Crippen LogP contribution in [0.25, 0.3) is 0 Å². The summed E-state index contributed by atoms with van der Waals surface area (Å²) >= 11 is 0. The highest BCUT2D eigenvalue weighted by atomic mass is 16.5. The fourth-order valence-electron chi connectivity index (χ4n) is 3.20. The van der Waals surface area contributed by atoms with E-state index in [0.717, 1.165) is 45.4 Å². The van der Waals surface area contributed by atoms with Gasteiger partial charge in [0.05, 0.1) is 12.0 Å². The molecule has 2 aliphatic heterocycles. The lowest BCUT2D eigenvalue weighted by atomic mass is 9.93. The maximum absolute atomic E-state index is 12.0. The fourth-order valence-corrected chi connectivity index (χ4v) is 3.20. The molecule has 0 radical (unpaired) electrons. The molecule has 0 saturated carbocycles. The van der Waals surface area contributed by atoms with Gasteiger partial charge in [0.15, 0.2) is 0 Å². The quantitative estimate of drug-likeness (QED) is 0.772. The van der Waals surface area contributed by atoms with Crippen LogP contribution in [0.1, 0.15) is 32.6 Å². The van der Waals surface area contributed by atoms with Crippen LogP contribution in [0, 0.1) is 5.92 Å². The highest BCUT2D eigenvalue weighted by molar-refractivity contribution is 5.78. The number of carbonyl (C=O) groups excluding carboxylic acids is 1. The molecule has 0 aromatic heterocycles. The van der Waals surface area contributed by atoms with Crippen molar-refractivity contribution in [3.8, 4) is 0 Å². The number of likely N-dealkylation sites (tertiary alicyclic amines) is 1. The third-order valence-corrected chi connectivity index (χ3v) is 4.24. The summed E-state index contributed by atoms with van der Waals surface area (Å²) in [6, 6.07) is 0.592. The van der Waals surface area contributed by atoms with E-state index in [-0.39, 0.29) is 11.8 Å². The summed E-state index contributed by atoms with van der Waals surface area (Å²) in [4.78, 5) is 14.5. The number of amides is 1. The lowest BCUT2D eigenvalue weighted by Gasteiger charge is -2.40. The Labute approximate surface area is 115 Å². The van der Waals surface area contributed by atoms with Crippen molar-refractivity contribution < 1.29 is 9.53 Å². The Kier molecular flexibility index (Phi) is 5.60. The van der Waals surface area contributed by atoms with Gasteiger partial charge in [0, 0.05) is 32.3 Å². The van der Waals surface area contributed by atoms with Crippen molar-refractivity contribution in [3.05, 3.63) is 0 Å². The van der Waals surface area contributed by atoms with Gasteiger partial charge in [-0.2, -0.15) is 0 Å². The van der Waals surface area contributed by atoms with Crippen LogP contribution in [0.3, 0.4) is 0 Å². The molecule has 0 bridgehead atoms. The van der Waals surface area contributed by atoms with Gasteiger partial charge < -0.3 is 15.8 Å². The molecule has 0 aromatic rings. The molecule has 2 fully saturated rings. The number of hydrogen-bond acceptors (Lipinski definition) is 4. The summed E-state index contributed by atoms with van der Waals surface area (Å²) in [6.07, 6.45) is 4.67.